The number of halogens is 1. The molecule has 1 aliphatic heterocycles. The largest absolute Gasteiger partial charge is 1.00 e. The quantitative estimate of drug-likeness (QED) is 0.462. The summed E-state index contributed by atoms with van der Waals surface area (Å²) in [7, 11) is 1.34. The van der Waals surface area contributed by atoms with Crippen molar-refractivity contribution in [3.8, 4) is 5.75 Å². The van der Waals surface area contributed by atoms with Gasteiger partial charge in [0.2, 0.25) is 0 Å². The Morgan fingerprint density at radius 2 is 2.16 bits per heavy atom. The minimum atomic E-state index is -0.417. The summed E-state index contributed by atoms with van der Waals surface area (Å²) in [6, 6.07) is 4.30. The number of thiophene rings is 1. The van der Waals surface area contributed by atoms with Crippen LogP contribution in [0.25, 0.3) is 10.2 Å². The van der Waals surface area contributed by atoms with Gasteiger partial charge in [-0.3, -0.25) is 0 Å². The van der Waals surface area contributed by atoms with Crippen molar-refractivity contribution in [1.29, 1.82) is 0 Å². The van der Waals surface area contributed by atoms with Gasteiger partial charge in [0.25, 0.3) is 0 Å². The summed E-state index contributed by atoms with van der Waals surface area (Å²) in [5.74, 6) is 0.0814. The summed E-state index contributed by atoms with van der Waals surface area (Å²) in [6.45, 7) is 3.01. The summed E-state index contributed by atoms with van der Waals surface area (Å²) < 4.78 is 30.2. The first-order valence-corrected chi connectivity index (χ1v) is 10.0. The second kappa shape index (κ2) is 10.9. The van der Waals surface area contributed by atoms with E-state index in [-0.39, 0.29) is 30.4 Å². The normalized spacial score (nSPS) is 15.5. The van der Waals surface area contributed by atoms with Crippen molar-refractivity contribution in [2.24, 2.45) is 0 Å². The first-order chi connectivity index (χ1) is 14.1. The Bertz CT molecular complexity index is 1060. The fourth-order valence-electron chi connectivity index (χ4n) is 3.26. The molecule has 0 amide bonds. The third-order valence-corrected chi connectivity index (χ3v) is 5.89. The Kier molecular flexibility index (Phi) is 8.79. The number of fused-ring (bicyclic) bond motifs is 1. The molecule has 0 aliphatic carbocycles. The Labute approximate surface area is 194 Å². The standard InChI is InChI=1S/C20H20FN3O4S.Li.H2O/c1-11-16-18(22-10-23-19(16)29-17(11)20(25)26-2)24-14-6-5-12(21)8-15(14)28-13-4-3-7-27-9-13;;/h5-6,8,10,13H,3-4,7,9H2,1-2H3,(H,22,23,24);;1H2/q;+1;/p-1/t13-;;/m0../s1. The summed E-state index contributed by atoms with van der Waals surface area (Å²) >= 11 is 1.24. The minimum absolute atomic E-state index is 0. The molecule has 0 radical (unpaired) electrons. The Morgan fingerprint density at radius 3 is 2.87 bits per heavy atom. The van der Waals surface area contributed by atoms with Crippen LogP contribution < -0.4 is 28.9 Å². The smallest absolute Gasteiger partial charge is 0.870 e. The van der Waals surface area contributed by atoms with E-state index in [1.165, 1.54) is 36.9 Å². The van der Waals surface area contributed by atoms with Crippen LogP contribution in [0.2, 0.25) is 0 Å². The fourth-order valence-corrected chi connectivity index (χ4v) is 4.33. The van der Waals surface area contributed by atoms with Crippen LogP contribution in [-0.2, 0) is 9.47 Å². The number of hydrogen-bond acceptors (Lipinski definition) is 9. The number of esters is 1. The molecule has 11 heteroatoms. The number of aryl methyl sites for hydroxylation is 1. The van der Waals surface area contributed by atoms with E-state index in [1.807, 2.05) is 6.92 Å². The monoisotopic (exact) mass is 441 g/mol. The van der Waals surface area contributed by atoms with Crippen LogP contribution in [-0.4, -0.2) is 47.8 Å². The van der Waals surface area contributed by atoms with Gasteiger partial charge in [0.1, 0.15) is 39.5 Å². The maximum Gasteiger partial charge on any atom is 1.00 e. The maximum atomic E-state index is 13.9. The molecule has 3 aromatic rings. The molecule has 8 nitrogen and oxygen atoms in total. The SMILES string of the molecule is COC(=O)c1sc2ncnc(Nc3ccc(F)cc3O[C@H]3CCCOC3)c2c1C.[Li+].[OH-]. The van der Waals surface area contributed by atoms with Crippen molar-refractivity contribution in [2.75, 3.05) is 25.6 Å². The average molecular weight is 441 g/mol. The number of carbonyl (C=O) groups excluding carboxylic acids is 1. The number of nitrogens with zero attached hydrogens (tertiary/aromatic N) is 2. The zero-order valence-electron chi connectivity index (χ0n) is 17.5. The van der Waals surface area contributed by atoms with Crippen LogP contribution in [0.5, 0.6) is 5.75 Å². The van der Waals surface area contributed by atoms with Gasteiger partial charge in [-0.05, 0) is 37.5 Å². The summed E-state index contributed by atoms with van der Waals surface area (Å²) in [6.07, 6.45) is 3.03. The second-order valence-electron chi connectivity index (χ2n) is 6.67. The van der Waals surface area contributed by atoms with E-state index >= 15 is 0 Å². The topological polar surface area (TPSA) is 113 Å². The molecule has 1 saturated heterocycles. The van der Waals surface area contributed by atoms with E-state index in [9.17, 15) is 9.18 Å². The second-order valence-corrected chi connectivity index (χ2v) is 7.67. The van der Waals surface area contributed by atoms with Gasteiger partial charge in [-0.2, -0.15) is 0 Å². The molecule has 1 fully saturated rings. The van der Waals surface area contributed by atoms with Gasteiger partial charge in [0, 0.05) is 12.7 Å². The van der Waals surface area contributed by atoms with E-state index < -0.39 is 11.8 Å². The van der Waals surface area contributed by atoms with Crippen molar-refractivity contribution in [3.05, 3.63) is 40.8 Å². The van der Waals surface area contributed by atoms with Crippen molar-refractivity contribution in [3.63, 3.8) is 0 Å². The molecule has 31 heavy (non-hydrogen) atoms. The third kappa shape index (κ3) is 5.34. The van der Waals surface area contributed by atoms with Gasteiger partial charge in [0.05, 0.1) is 24.8 Å². The molecular formula is C20H21FLiN3O5S. The van der Waals surface area contributed by atoms with Gasteiger partial charge < -0.3 is 25.0 Å². The molecule has 1 atom stereocenters. The molecule has 4 rings (SSSR count). The molecule has 0 bridgehead atoms. The molecule has 0 spiro atoms. The number of carbonyl (C=O) groups is 1. The molecule has 160 valence electrons. The molecule has 2 aromatic heterocycles. The van der Waals surface area contributed by atoms with Crippen LogP contribution in [0.15, 0.2) is 24.5 Å². The van der Waals surface area contributed by atoms with Crippen molar-refractivity contribution in [2.45, 2.75) is 25.9 Å². The maximum absolute atomic E-state index is 13.9. The van der Waals surface area contributed by atoms with Crippen molar-refractivity contribution in [1.82, 2.24) is 9.97 Å². The number of rotatable bonds is 5. The van der Waals surface area contributed by atoms with Gasteiger partial charge in [0.15, 0.2) is 0 Å². The van der Waals surface area contributed by atoms with Gasteiger partial charge in [-0.25, -0.2) is 19.2 Å². The van der Waals surface area contributed by atoms with Crippen LogP contribution >= 0.6 is 11.3 Å². The molecule has 1 aromatic carbocycles. The predicted molar refractivity (Wildman–Crippen MR) is 110 cm³/mol. The van der Waals surface area contributed by atoms with Gasteiger partial charge >= 0.3 is 24.8 Å². The van der Waals surface area contributed by atoms with Gasteiger partial charge in [-0.15, -0.1) is 11.3 Å². The van der Waals surface area contributed by atoms with Crippen LogP contribution in [0.4, 0.5) is 15.9 Å². The number of ether oxygens (including phenoxy) is 3. The van der Waals surface area contributed by atoms with E-state index in [0.717, 1.165) is 18.4 Å². The first kappa shape index (κ1) is 25.0. The first-order valence-electron chi connectivity index (χ1n) is 9.20. The molecule has 3 heterocycles. The Hall–Kier alpha value is -2.22. The molecule has 1 aliphatic rings. The minimum Gasteiger partial charge on any atom is -0.870 e. The zero-order valence-corrected chi connectivity index (χ0v) is 18.3. The average Bonchev–Trinajstić information content (AvgIpc) is 3.08. The van der Waals surface area contributed by atoms with Crippen molar-refractivity contribution < 1.29 is 47.7 Å². The number of benzene rings is 1. The van der Waals surface area contributed by atoms with Crippen molar-refractivity contribution >= 4 is 39.0 Å². The Morgan fingerprint density at radius 1 is 1.35 bits per heavy atom. The molecular weight excluding hydrogens is 420 g/mol. The summed E-state index contributed by atoms with van der Waals surface area (Å²) in [5.41, 5.74) is 1.30. The molecule has 0 saturated carbocycles. The van der Waals surface area contributed by atoms with Crippen LogP contribution in [0, 0.1) is 12.7 Å². The summed E-state index contributed by atoms with van der Waals surface area (Å²) in [5, 5.41) is 3.93. The number of methoxy groups -OCH3 is 1. The number of nitrogens with one attached hydrogen (secondary N) is 1. The van der Waals surface area contributed by atoms with Crippen LogP contribution in [0.1, 0.15) is 28.1 Å². The van der Waals surface area contributed by atoms with E-state index in [0.29, 0.717) is 45.6 Å². The van der Waals surface area contributed by atoms with E-state index in [1.54, 1.807) is 6.07 Å². The predicted octanol–water partition coefficient (Wildman–Crippen LogP) is 1.05. The van der Waals surface area contributed by atoms with Gasteiger partial charge in [-0.1, -0.05) is 0 Å². The van der Waals surface area contributed by atoms with Crippen LogP contribution in [0.3, 0.4) is 0 Å². The van der Waals surface area contributed by atoms with E-state index in [4.69, 9.17) is 14.2 Å². The van der Waals surface area contributed by atoms with E-state index in [2.05, 4.69) is 15.3 Å². The fraction of sp³-hybridized carbons (Fsp3) is 0.350. The third-order valence-electron chi connectivity index (χ3n) is 4.71. The summed E-state index contributed by atoms with van der Waals surface area (Å²) in [4.78, 5) is 21.8. The number of hydrogen-bond donors (Lipinski definition) is 1. The zero-order chi connectivity index (χ0) is 20.4. The molecule has 0 unspecified atom stereocenters. The Balaban J connectivity index is 0.00000171. The number of aromatic nitrogens is 2. The number of anilines is 2. The molecule has 2 N–H and O–H groups in total.